The molecule has 0 saturated heterocycles. The Morgan fingerprint density at radius 2 is 1.93 bits per heavy atom. The van der Waals surface area contributed by atoms with Crippen molar-refractivity contribution in [1.82, 2.24) is 9.38 Å². The second-order valence-electron chi connectivity index (χ2n) is 7.37. The van der Waals surface area contributed by atoms with E-state index in [-0.39, 0.29) is 17.9 Å². The molecule has 8 heteroatoms. The molecular formula is C22H18N4O4. The van der Waals surface area contributed by atoms with Crippen molar-refractivity contribution in [3.63, 3.8) is 0 Å². The van der Waals surface area contributed by atoms with Crippen LogP contribution in [0, 0.1) is 10.1 Å². The number of hydrogen-bond donors (Lipinski definition) is 1. The van der Waals surface area contributed by atoms with Gasteiger partial charge in [-0.2, -0.15) is 0 Å². The molecule has 0 aliphatic rings. The minimum atomic E-state index is -0.469. The Kier molecular flexibility index (Phi) is 4.04. The zero-order valence-electron chi connectivity index (χ0n) is 16.2. The fourth-order valence-corrected chi connectivity index (χ4v) is 4.21. The van der Waals surface area contributed by atoms with Crippen LogP contribution in [-0.4, -0.2) is 39.6 Å². The molecule has 2 heterocycles. The summed E-state index contributed by atoms with van der Waals surface area (Å²) in [5, 5.41) is 23.5. The van der Waals surface area contributed by atoms with Crippen molar-refractivity contribution in [3.8, 4) is 0 Å². The minimum absolute atomic E-state index is 0.0612. The first-order valence-corrected chi connectivity index (χ1v) is 9.61. The lowest BCUT2D eigenvalue weighted by Gasteiger charge is -2.22. The summed E-state index contributed by atoms with van der Waals surface area (Å²) in [6.07, 6.45) is 0.646. The van der Waals surface area contributed by atoms with Crippen LogP contribution in [0.1, 0.15) is 6.42 Å². The number of aromatic nitrogens is 2. The molecule has 5 rings (SSSR count). The highest BCUT2D eigenvalue weighted by atomic mass is 16.6. The summed E-state index contributed by atoms with van der Waals surface area (Å²) in [7, 11) is 1.96. The number of nitro groups is 1. The maximum Gasteiger partial charge on any atom is 0.271 e. The van der Waals surface area contributed by atoms with Crippen molar-refractivity contribution in [3.05, 3.63) is 69.0 Å². The number of nitro benzene ring substituents is 1. The molecule has 0 unspecified atom stereocenters. The largest absolute Gasteiger partial charge is 0.396 e. The van der Waals surface area contributed by atoms with Gasteiger partial charge in [-0.05, 0) is 30.7 Å². The summed E-state index contributed by atoms with van der Waals surface area (Å²) < 4.78 is 1.53. The van der Waals surface area contributed by atoms with Gasteiger partial charge < -0.3 is 10.0 Å². The Morgan fingerprint density at radius 3 is 2.70 bits per heavy atom. The first kappa shape index (κ1) is 18.3. The molecule has 0 bridgehead atoms. The number of rotatable bonds is 5. The Balaban J connectivity index is 1.89. The summed E-state index contributed by atoms with van der Waals surface area (Å²) in [4.78, 5) is 30.7. The van der Waals surface area contributed by atoms with Crippen LogP contribution in [0.5, 0.6) is 0 Å². The molecule has 0 radical (unpaired) electrons. The van der Waals surface area contributed by atoms with E-state index >= 15 is 0 Å². The molecule has 0 aliphatic heterocycles. The Morgan fingerprint density at radius 1 is 1.13 bits per heavy atom. The second-order valence-corrected chi connectivity index (χ2v) is 7.37. The third kappa shape index (κ3) is 2.50. The molecule has 8 nitrogen and oxygen atoms in total. The monoisotopic (exact) mass is 402 g/mol. The molecule has 2 aromatic heterocycles. The SMILES string of the molecule is CN(CCCO)c1ccc2c3c1cccc3c(=O)n1c3ccc([N+](=O)[O-])cc3nc21. The summed E-state index contributed by atoms with van der Waals surface area (Å²) in [6, 6.07) is 13.9. The second kappa shape index (κ2) is 6.64. The van der Waals surface area contributed by atoms with Gasteiger partial charge in [-0.3, -0.25) is 19.3 Å². The number of non-ortho nitro benzene ring substituents is 1. The maximum atomic E-state index is 13.4. The van der Waals surface area contributed by atoms with Gasteiger partial charge >= 0.3 is 0 Å². The zero-order chi connectivity index (χ0) is 21.0. The van der Waals surface area contributed by atoms with Crippen molar-refractivity contribution < 1.29 is 10.0 Å². The summed E-state index contributed by atoms with van der Waals surface area (Å²) in [5.41, 5.74) is 2.16. The number of anilines is 1. The topological polar surface area (TPSA) is 101 Å². The van der Waals surface area contributed by atoms with Gasteiger partial charge in [-0.1, -0.05) is 12.1 Å². The fraction of sp³-hybridized carbons (Fsp3) is 0.182. The molecule has 150 valence electrons. The normalized spacial score (nSPS) is 11.8. The molecule has 1 N–H and O–H groups in total. The van der Waals surface area contributed by atoms with Crippen LogP contribution in [-0.2, 0) is 0 Å². The van der Waals surface area contributed by atoms with Crippen molar-refractivity contribution in [2.24, 2.45) is 0 Å². The summed E-state index contributed by atoms with van der Waals surface area (Å²) >= 11 is 0. The highest BCUT2D eigenvalue weighted by molar-refractivity contribution is 6.18. The molecule has 0 spiro atoms. The van der Waals surface area contributed by atoms with Gasteiger partial charge in [-0.25, -0.2) is 4.98 Å². The minimum Gasteiger partial charge on any atom is -0.396 e. The average Bonchev–Trinajstić information content (AvgIpc) is 3.14. The third-order valence-electron chi connectivity index (χ3n) is 5.60. The Labute approximate surface area is 170 Å². The standard InChI is InChI=1S/C22H18N4O4/c1-24(10-3-11-27)18-9-7-15-20-14(18)4-2-5-16(20)22(28)25-19-8-6-13(26(29)30)12-17(19)23-21(15)25/h2,4-9,12,27H,3,10-11H2,1H3. The molecule has 0 aliphatic carbocycles. The van der Waals surface area contributed by atoms with Crippen LogP contribution in [0.25, 0.3) is 38.2 Å². The lowest BCUT2D eigenvalue weighted by atomic mass is 10.0. The van der Waals surface area contributed by atoms with E-state index in [1.807, 2.05) is 31.3 Å². The number of hydrogen-bond acceptors (Lipinski definition) is 6. The van der Waals surface area contributed by atoms with Crippen molar-refractivity contribution in [1.29, 1.82) is 0 Å². The molecule has 0 fully saturated rings. The van der Waals surface area contributed by atoms with E-state index in [2.05, 4.69) is 9.88 Å². The maximum absolute atomic E-state index is 13.4. The van der Waals surface area contributed by atoms with Crippen LogP contribution in [0.2, 0.25) is 0 Å². The molecule has 0 saturated carbocycles. The molecule has 3 aromatic carbocycles. The van der Waals surface area contributed by atoms with Crippen LogP contribution in [0.3, 0.4) is 0 Å². The van der Waals surface area contributed by atoms with Gasteiger partial charge in [0, 0.05) is 59.6 Å². The zero-order valence-corrected chi connectivity index (χ0v) is 16.2. The van der Waals surface area contributed by atoms with Crippen molar-refractivity contribution in [2.75, 3.05) is 25.1 Å². The van der Waals surface area contributed by atoms with Crippen LogP contribution in [0.15, 0.2) is 53.3 Å². The number of fused-ring (bicyclic) bond motifs is 4. The molecule has 0 atom stereocenters. The van der Waals surface area contributed by atoms with Gasteiger partial charge in [0.15, 0.2) is 0 Å². The van der Waals surface area contributed by atoms with E-state index in [1.165, 1.54) is 16.5 Å². The first-order valence-electron chi connectivity index (χ1n) is 9.61. The van der Waals surface area contributed by atoms with Crippen molar-refractivity contribution >= 4 is 49.6 Å². The Hall–Kier alpha value is -3.78. The van der Waals surface area contributed by atoms with Gasteiger partial charge in [0.05, 0.1) is 16.0 Å². The molecule has 30 heavy (non-hydrogen) atoms. The Bertz CT molecular complexity index is 1510. The quantitative estimate of drug-likeness (QED) is 0.357. The fourth-order valence-electron chi connectivity index (χ4n) is 4.21. The van der Waals surface area contributed by atoms with E-state index in [0.717, 1.165) is 21.8 Å². The van der Waals surface area contributed by atoms with E-state index in [0.29, 0.717) is 35.0 Å². The number of benzene rings is 3. The highest BCUT2D eigenvalue weighted by Crippen LogP contribution is 2.35. The van der Waals surface area contributed by atoms with Gasteiger partial charge in [0.1, 0.15) is 5.65 Å². The van der Waals surface area contributed by atoms with E-state index in [9.17, 15) is 14.9 Å². The van der Waals surface area contributed by atoms with E-state index < -0.39 is 4.92 Å². The predicted molar refractivity (Wildman–Crippen MR) is 117 cm³/mol. The predicted octanol–water partition coefficient (Wildman–Crippen LogP) is 3.32. The van der Waals surface area contributed by atoms with Gasteiger partial charge in [0.25, 0.3) is 11.2 Å². The number of pyridine rings is 1. The summed E-state index contributed by atoms with van der Waals surface area (Å²) in [5.74, 6) is 0. The van der Waals surface area contributed by atoms with Crippen molar-refractivity contribution in [2.45, 2.75) is 6.42 Å². The van der Waals surface area contributed by atoms with E-state index in [4.69, 9.17) is 5.11 Å². The summed E-state index contributed by atoms with van der Waals surface area (Å²) in [6.45, 7) is 0.797. The van der Waals surface area contributed by atoms with Crippen LogP contribution < -0.4 is 10.5 Å². The van der Waals surface area contributed by atoms with Crippen LogP contribution >= 0.6 is 0 Å². The third-order valence-corrected chi connectivity index (χ3v) is 5.60. The van der Waals surface area contributed by atoms with Gasteiger partial charge in [-0.15, -0.1) is 0 Å². The number of nitrogens with zero attached hydrogens (tertiary/aromatic N) is 4. The molecular weight excluding hydrogens is 384 g/mol. The lowest BCUT2D eigenvalue weighted by Crippen LogP contribution is -2.20. The smallest absolute Gasteiger partial charge is 0.271 e. The highest BCUT2D eigenvalue weighted by Gasteiger charge is 2.19. The molecule has 0 amide bonds. The number of aliphatic hydroxyl groups is 1. The number of aliphatic hydroxyl groups excluding tert-OH is 1. The lowest BCUT2D eigenvalue weighted by molar-refractivity contribution is -0.384. The average molecular weight is 402 g/mol. The molecule has 5 aromatic rings. The van der Waals surface area contributed by atoms with E-state index in [1.54, 1.807) is 12.1 Å². The van der Waals surface area contributed by atoms with Crippen LogP contribution in [0.4, 0.5) is 11.4 Å². The number of imidazole rings is 1. The first-order chi connectivity index (χ1) is 14.5. The van der Waals surface area contributed by atoms with Gasteiger partial charge in [0.2, 0.25) is 0 Å².